The highest BCUT2D eigenvalue weighted by molar-refractivity contribution is 5.76. The maximum Gasteiger partial charge on any atom is 0.281 e. The summed E-state index contributed by atoms with van der Waals surface area (Å²) in [5.74, 6) is -1.49. The zero-order valence-electron chi connectivity index (χ0n) is 17.9. The smallest absolute Gasteiger partial charge is 0.281 e. The predicted octanol–water partition coefficient (Wildman–Crippen LogP) is 5.23. The molecule has 2 aromatic carbocycles. The fraction of sp³-hybridized carbons (Fsp3) is 0.261. The lowest BCUT2D eigenvalue weighted by Crippen LogP contribution is -2.13. The number of rotatable bonds is 9. The van der Waals surface area contributed by atoms with Gasteiger partial charge in [-0.2, -0.15) is 0 Å². The second-order valence-electron chi connectivity index (χ2n) is 7.61. The van der Waals surface area contributed by atoms with Gasteiger partial charge in [-0.15, -0.1) is 0 Å². The van der Waals surface area contributed by atoms with E-state index >= 15 is 0 Å². The quantitative estimate of drug-likeness (QED) is 0.247. The third-order valence-corrected chi connectivity index (χ3v) is 4.76. The van der Waals surface area contributed by atoms with Gasteiger partial charge in [-0.05, 0) is 50.0 Å². The van der Waals surface area contributed by atoms with E-state index in [0.717, 1.165) is 12.1 Å². The highest BCUT2D eigenvalue weighted by atomic mass is 19.3. The third-order valence-electron chi connectivity index (χ3n) is 4.76. The summed E-state index contributed by atoms with van der Waals surface area (Å²) in [6.45, 7) is -0.622. The molecule has 10 heteroatoms. The van der Waals surface area contributed by atoms with Gasteiger partial charge in [-0.25, -0.2) is 22.5 Å². The van der Waals surface area contributed by atoms with Crippen LogP contribution in [0.5, 0.6) is 5.88 Å². The first kappa shape index (κ1) is 24.1. The molecular weight excluding hydrogens is 442 g/mol. The molecule has 0 aliphatic heterocycles. The van der Waals surface area contributed by atoms with Gasteiger partial charge in [0.15, 0.2) is 6.61 Å². The molecule has 0 aliphatic rings. The molecule has 0 radical (unpaired) electrons. The van der Waals surface area contributed by atoms with Crippen LogP contribution in [0.1, 0.15) is 16.7 Å². The van der Waals surface area contributed by atoms with Gasteiger partial charge in [0, 0.05) is 41.9 Å². The van der Waals surface area contributed by atoms with Crippen molar-refractivity contribution in [2.45, 2.75) is 19.4 Å². The Labute approximate surface area is 187 Å². The van der Waals surface area contributed by atoms with Crippen LogP contribution in [0.4, 0.5) is 23.2 Å². The molecule has 33 heavy (non-hydrogen) atoms. The van der Waals surface area contributed by atoms with Gasteiger partial charge in [-0.3, -0.25) is 10.1 Å². The Hall–Kier alpha value is -3.53. The van der Waals surface area contributed by atoms with Gasteiger partial charge < -0.3 is 9.64 Å². The molecule has 3 aromatic rings. The summed E-state index contributed by atoms with van der Waals surface area (Å²) in [5, 5.41) is 12.0. The van der Waals surface area contributed by atoms with Gasteiger partial charge >= 0.3 is 0 Å². The lowest BCUT2D eigenvalue weighted by Gasteiger charge is -2.15. The highest BCUT2D eigenvalue weighted by Gasteiger charge is 2.24. The van der Waals surface area contributed by atoms with Crippen LogP contribution in [-0.2, 0) is 13.0 Å². The van der Waals surface area contributed by atoms with Crippen molar-refractivity contribution >= 4 is 5.69 Å². The summed E-state index contributed by atoms with van der Waals surface area (Å²) < 4.78 is 58.0. The summed E-state index contributed by atoms with van der Waals surface area (Å²) >= 11 is 0. The molecule has 0 aliphatic carbocycles. The molecule has 0 saturated carbocycles. The average Bonchev–Trinajstić information content (AvgIpc) is 2.74. The van der Waals surface area contributed by atoms with Gasteiger partial charge in [0.1, 0.15) is 11.6 Å². The summed E-state index contributed by atoms with van der Waals surface area (Å²) in [6, 6.07) is 9.39. The van der Waals surface area contributed by atoms with Crippen LogP contribution in [0.15, 0.2) is 48.7 Å². The molecule has 6 nitrogen and oxygen atoms in total. The van der Waals surface area contributed by atoms with E-state index in [9.17, 15) is 27.7 Å². The molecule has 0 N–H and O–H groups in total. The molecule has 0 amide bonds. The Morgan fingerprint density at radius 1 is 1.12 bits per heavy atom. The minimum absolute atomic E-state index is 0.0557. The van der Waals surface area contributed by atoms with E-state index in [2.05, 4.69) is 4.98 Å². The molecule has 174 valence electrons. The van der Waals surface area contributed by atoms with Crippen molar-refractivity contribution in [3.63, 3.8) is 0 Å². The van der Waals surface area contributed by atoms with Crippen molar-refractivity contribution in [3.8, 4) is 17.0 Å². The number of nitro groups is 1. The first-order valence-corrected chi connectivity index (χ1v) is 9.91. The normalized spacial score (nSPS) is 11.3. The maximum atomic E-state index is 14.2. The molecule has 3 rings (SSSR count). The van der Waals surface area contributed by atoms with Crippen molar-refractivity contribution in [1.82, 2.24) is 9.88 Å². The number of nitrogens with zero attached hydrogens (tertiary/aromatic N) is 3. The summed E-state index contributed by atoms with van der Waals surface area (Å²) in [6.07, 6.45) is -1.51. The van der Waals surface area contributed by atoms with Crippen LogP contribution >= 0.6 is 0 Å². The maximum absolute atomic E-state index is 14.2. The van der Waals surface area contributed by atoms with Crippen LogP contribution < -0.4 is 4.74 Å². The van der Waals surface area contributed by atoms with Crippen LogP contribution in [0.2, 0.25) is 0 Å². The number of nitro benzene ring substituents is 1. The molecule has 0 bridgehead atoms. The molecule has 0 unspecified atom stereocenters. The van der Waals surface area contributed by atoms with Crippen LogP contribution in [-0.4, -0.2) is 41.9 Å². The Kier molecular flexibility index (Phi) is 7.59. The second-order valence-corrected chi connectivity index (χ2v) is 7.61. The molecule has 0 fully saturated rings. The number of hydrogen-bond donors (Lipinski definition) is 0. The number of benzene rings is 2. The summed E-state index contributed by atoms with van der Waals surface area (Å²) in [7, 11) is 3.48. The van der Waals surface area contributed by atoms with E-state index < -0.39 is 29.6 Å². The molecule has 0 spiro atoms. The Morgan fingerprint density at radius 2 is 1.82 bits per heavy atom. The predicted molar refractivity (Wildman–Crippen MR) is 114 cm³/mol. The van der Waals surface area contributed by atoms with E-state index in [4.69, 9.17) is 4.74 Å². The van der Waals surface area contributed by atoms with E-state index in [0.29, 0.717) is 16.7 Å². The second kappa shape index (κ2) is 10.4. The number of aromatic nitrogens is 1. The van der Waals surface area contributed by atoms with E-state index in [1.165, 1.54) is 30.5 Å². The minimum atomic E-state index is -2.67. The number of halogens is 4. The van der Waals surface area contributed by atoms with Gasteiger partial charge in [-0.1, -0.05) is 6.07 Å². The fourth-order valence-corrected chi connectivity index (χ4v) is 3.44. The first-order valence-electron chi connectivity index (χ1n) is 9.91. The largest absolute Gasteiger partial charge is 0.472 e. The van der Waals surface area contributed by atoms with Crippen LogP contribution in [0, 0.1) is 21.7 Å². The molecule has 0 saturated heterocycles. The van der Waals surface area contributed by atoms with Crippen molar-refractivity contribution in [3.05, 3.63) is 87.1 Å². The standard InChI is InChI=1S/C23H21F4N3O3/c1-29(2)12-16-8-14(10-18-19(24)4-3-5-20(18)25)9-17(23(16)30(31)32)15-6-7-22(28-11-15)33-13-21(26)27/h3-9,11,21H,10,12-13H2,1-2H3. The molecule has 0 atom stereocenters. The minimum Gasteiger partial charge on any atom is -0.472 e. The number of pyridine rings is 1. The zero-order chi connectivity index (χ0) is 24.1. The lowest BCUT2D eigenvalue weighted by molar-refractivity contribution is -0.385. The molecule has 1 heterocycles. The Balaban J connectivity index is 2.10. The number of alkyl halides is 2. The van der Waals surface area contributed by atoms with Crippen molar-refractivity contribution in [2.24, 2.45) is 0 Å². The fourth-order valence-electron chi connectivity index (χ4n) is 3.44. The van der Waals surface area contributed by atoms with Crippen LogP contribution in [0.3, 0.4) is 0 Å². The Morgan fingerprint density at radius 3 is 2.36 bits per heavy atom. The van der Waals surface area contributed by atoms with Gasteiger partial charge in [0.2, 0.25) is 5.88 Å². The zero-order valence-corrected chi connectivity index (χ0v) is 17.9. The van der Waals surface area contributed by atoms with E-state index in [1.807, 2.05) is 0 Å². The molecule has 1 aromatic heterocycles. The first-order chi connectivity index (χ1) is 15.7. The average molecular weight is 463 g/mol. The van der Waals surface area contributed by atoms with Crippen molar-refractivity contribution in [1.29, 1.82) is 0 Å². The Bertz CT molecular complexity index is 1120. The monoisotopic (exact) mass is 463 g/mol. The lowest BCUT2D eigenvalue weighted by atomic mass is 9.94. The van der Waals surface area contributed by atoms with Gasteiger partial charge in [0.05, 0.1) is 10.5 Å². The number of ether oxygens (including phenoxy) is 1. The highest BCUT2D eigenvalue weighted by Crippen LogP contribution is 2.36. The van der Waals surface area contributed by atoms with E-state index in [1.54, 1.807) is 25.1 Å². The third kappa shape index (κ3) is 6.04. The number of hydrogen-bond acceptors (Lipinski definition) is 5. The van der Waals surface area contributed by atoms with Crippen LogP contribution in [0.25, 0.3) is 11.1 Å². The summed E-state index contributed by atoms with van der Waals surface area (Å²) in [4.78, 5) is 17.1. The summed E-state index contributed by atoms with van der Waals surface area (Å²) in [5.41, 5.74) is 1.02. The molecular formula is C23H21F4N3O3. The topological polar surface area (TPSA) is 68.5 Å². The van der Waals surface area contributed by atoms with E-state index in [-0.39, 0.29) is 35.7 Å². The van der Waals surface area contributed by atoms with Crippen molar-refractivity contribution in [2.75, 3.05) is 20.7 Å². The van der Waals surface area contributed by atoms with Crippen molar-refractivity contribution < 1.29 is 27.2 Å². The van der Waals surface area contributed by atoms with Gasteiger partial charge in [0.25, 0.3) is 12.1 Å². The SMILES string of the molecule is CN(C)Cc1cc(Cc2c(F)cccc2F)cc(-c2ccc(OCC(F)F)nc2)c1[N+](=O)[O-].